The Hall–Kier alpha value is -3.60. The molecule has 5 nitrogen and oxygen atoms in total. The van der Waals surface area contributed by atoms with Crippen LogP contribution in [0.15, 0.2) is 84.9 Å². The van der Waals surface area contributed by atoms with E-state index in [1.807, 2.05) is 72.8 Å². The molecule has 1 aliphatic rings. The number of ether oxygens (including phenoxy) is 1. The van der Waals surface area contributed by atoms with Crippen LogP contribution in [0, 0.1) is 5.92 Å². The van der Waals surface area contributed by atoms with Gasteiger partial charge in [0.2, 0.25) is 11.8 Å². The molecule has 0 radical (unpaired) electrons. The van der Waals surface area contributed by atoms with Crippen LogP contribution in [0.1, 0.15) is 29.2 Å². The van der Waals surface area contributed by atoms with Crippen LogP contribution in [-0.2, 0) is 22.6 Å². The molecule has 32 heavy (non-hydrogen) atoms. The molecule has 1 N–H and O–H groups in total. The average molecular weight is 429 g/mol. The minimum Gasteiger partial charge on any atom is -0.497 e. The van der Waals surface area contributed by atoms with Gasteiger partial charge in [0, 0.05) is 19.5 Å². The van der Waals surface area contributed by atoms with Gasteiger partial charge in [-0.05, 0) is 35.2 Å². The van der Waals surface area contributed by atoms with Crippen LogP contribution in [0.5, 0.6) is 5.75 Å². The van der Waals surface area contributed by atoms with Crippen molar-refractivity contribution in [3.8, 4) is 5.75 Å². The van der Waals surface area contributed by atoms with E-state index in [-0.39, 0.29) is 30.2 Å². The summed E-state index contributed by atoms with van der Waals surface area (Å²) >= 11 is 0. The van der Waals surface area contributed by atoms with Gasteiger partial charge < -0.3 is 15.0 Å². The van der Waals surface area contributed by atoms with Crippen molar-refractivity contribution in [2.75, 3.05) is 13.7 Å². The lowest BCUT2D eigenvalue weighted by molar-refractivity contribution is -0.129. The van der Waals surface area contributed by atoms with Gasteiger partial charge >= 0.3 is 0 Å². The lowest BCUT2D eigenvalue weighted by Crippen LogP contribution is -2.36. The summed E-state index contributed by atoms with van der Waals surface area (Å²) in [5, 5.41) is 3.21. The van der Waals surface area contributed by atoms with Crippen LogP contribution in [0.2, 0.25) is 0 Å². The summed E-state index contributed by atoms with van der Waals surface area (Å²) in [4.78, 5) is 27.5. The maximum absolute atomic E-state index is 13.1. The first-order valence-corrected chi connectivity index (χ1v) is 10.9. The zero-order valence-corrected chi connectivity index (χ0v) is 18.2. The van der Waals surface area contributed by atoms with Gasteiger partial charge in [0.1, 0.15) is 5.75 Å². The molecule has 0 bridgehead atoms. The maximum atomic E-state index is 13.1. The van der Waals surface area contributed by atoms with Crippen LogP contribution < -0.4 is 10.1 Å². The Balaban J connectivity index is 1.42. The van der Waals surface area contributed by atoms with Gasteiger partial charge in [-0.1, -0.05) is 72.8 Å². The summed E-state index contributed by atoms with van der Waals surface area (Å²) in [6.45, 7) is 0.933. The predicted octanol–water partition coefficient (Wildman–Crippen LogP) is 4.14. The second-order valence-corrected chi connectivity index (χ2v) is 8.18. The van der Waals surface area contributed by atoms with E-state index in [1.165, 1.54) is 0 Å². The second kappa shape index (κ2) is 10.1. The Kier molecular flexibility index (Phi) is 6.85. The monoisotopic (exact) mass is 428 g/mol. The van der Waals surface area contributed by atoms with E-state index in [4.69, 9.17) is 4.74 Å². The van der Waals surface area contributed by atoms with E-state index in [0.29, 0.717) is 19.5 Å². The molecule has 1 saturated heterocycles. The average Bonchev–Trinajstić information content (AvgIpc) is 3.20. The highest BCUT2D eigenvalue weighted by atomic mass is 16.5. The molecule has 164 valence electrons. The topological polar surface area (TPSA) is 58.6 Å². The van der Waals surface area contributed by atoms with Crippen molar-refractivity contribution in [3.05, 3.63) is 102 Å². The fraction of sp³-hybridized carbons (Fsp3) is 0.259. The van der Waals surface area contributed by atoms with E-state index in [9.17, 15) is 9.59 Å². The first kappa shape index (κ1) is 21.6. The first-order chi connectivity index (χ1) is 15.6. The van der Waals surface area contributed by atoms with Crippen molar-refractivity contribution < 1.29 is 14.3 Å². The lowest BCUT2D eigenvalue weighted by Gasteiger charge is -2.22. The number of carbonyl (C=O) groups excluding carboxylic acids is 2. The Labute approximate surface area is 189 Å². The zero-order valence-electron chi connectivity index (χ0n) is 18.2. The molecular weight excluding hydrogens is 400 g/mol. The fourth-order valence-corrected chi connectivity index (χ4v) is 4.13. The van der Waals surface area contributed by atoms with Gasteiger partial charge in [-0.2, -0.15) is 0 Å². The molecule has 3 aromatic carbocycles. The molecule has 1 heterocycles. The van der Waals surface area contributed by atoms with Crippen LogP contribution in [0.3, 0.4) is 0 Å². The number of hydrogen-bond donors (Lipinski definition) is 1. The van der Waals surface area contributed by atoms with Crippen molar-refractivity contribution >= 4 is 11.8 Å². The number of hydrogen-bond acceptors (Lipinski definition) is 3. The molecule has 2 amide bonds. The second-order valence-electron chi connectivity index (χ2n) is 8.18. The fourth-order valence-electron chi connectivity index (χ4n) is 4.13. The standard InChI is InChI=1S/C27H28N2O3/c1-32-24-14-12-21(13-15-24)18-29-19-23(17-26(29)30)27(31)28-25(22-10-6-3-7-11-22)16-20-8-4-2-5-9-20/h2-15,23,25H,16-19H2,1H3,(H,28,31)/t23-,25-/m1/s1. The van der Waals surface area contributed by atoms with Crippen molar-refractivity contribution in [3.63, 3.8) is 0 Å². The highest BCUT2D eigenvalue weighted by molar-refractivity contribution is 5.89. The molecule has 0 aliphatic carbocycles. The van der Waals surface area contributed by atoms with Crippen LogP contribution in [-0.4, -0.2) is 30.4 Å². The number of benzene rings is 3. The molecule has 2 atom stereocenters. The Morgan fingerprint density at radius 1 is 0.969 bits per heavy atom. The number of nitrogens with zero attached hydrogens (tertiary/aromatic N) is 1. The summed E-state index contributed by atoms with van der Waals surface area (Å²) in [7, 11) is 1.63. The maximum Gasteiger partial charge on any atom is 0.225 e. The predicted molar refractivity (Wildman–Crippen MR) is 124 cm³/mol. The lowest BCUT2D eigenvalue weighted by atomic mass is 9.97. The Morgan fingerprint density at radius 2 is 1.62 bits per heavy atom. The molecule has 0 saturated carbocycles. The van der Waals surface area contributed by atoms with Gasteiger partial charge in [-0.15, -0.1) is 0 Å². The molecule has 4 rings (SSSR count). The van der Waals surface area contributed by atoms with Crippen LogP contribution in [0.25, 0.3) is 0 Å². The number of likely N-dealkylation sites (tertiary alicyclic amines) is 1. The third-order valence-electron chi connectivity index (χ3n) is 5.92. The molecule has 0 spiro atoms. The van der Waals surface area contributed by atoms with E-state index >= 15 is 0 Å². The van der Waals surface area contributed by atoms with E-state index in [0.717, 1.165) is 22.4 Å². The SMILES string of the molecule is COc1ccc(CN2C[C@H](C(=O)N[C@H](Cc3ccccc3)c3ccccc3)CC2=O)cc1. The highest BCUT2D eigenvalue weighted by Crippen LogP contribution is 2.24. The molecule has 1 fully saturated rings. The van der Waals surface area contributed by atoms with E-state index < -0.39 is 0 Å². The first-order valence-electron chi connectivity index (χ1n) is 10.9. The molecular formula is C27H28N2O3. The number of nitrogens with one attached hydrogen (secondary N) is 1. The van der Waals surface area contributed by atoms with Crippen molar-refractivity contribution in [2.45, 2.75) is 25.4 Å². The van der Waals surface area contributed by atoms with E-state index in [2.05, 4.69) is 17.4 Å². The van der Waals surface area contributed by atoms with Crippen LogP contribution in [0.4, 0.5) is 0 Å². The summed E-state index contributed by atoms with van der Waals surface area (Å²) in [6, 6.07) is 27.7. The zero-order chi connectivity index (χ0) is 22.3. The molecule has 0 unspecified atom stereocenters. The molecule has 3 aromatic rings. The highest BCUT2D eigenvalue weighted by Gasteiger charge is 2.35. The van der Waals surface area contributed by atoms with Gasteiger partial charge in [0.05, 0.1) is 19.1 Å². The van der Waals surface area contributed by atoms with E-state index in [1.54, 1.807) is 12.0 Å². The third kappa shape index (κ3) is 5.35. The minimum atomic E-state index is -0.345. The number of rotatable bonds is 8. The van der Waals surface area contributed by atoms with Crippen molar-refractivity contribution in [1.82, 2.24) is 10.2 Å². The molecule has 5 heteroatoms. The normalized spacial score (nSPS) is 16.6. The summed E-state index contributed by atoms with van der Waals surface area (Å²) < 4.78 is 5.19. The summed E-state index contributed by atoms with van der Waals surface area (Å²) in [5.41, 5.74) is 3.24. The summed E-state index contributed by atoms with van der Waals surface area (Å²) in [5.74, 6) is 0.382. The van der Waals surface area contributed by atoms with Gasteiger partial charge in [0.15, 0.2) is 0 Å². The summed E-state index contributed by atoms with van der Waals surface area (Å²) in [6.07, 6.45) is 0.946. The van der Waals surface area contributed by atoms with Crippen LogP contribution >= 0.6 is 0 Å². The molecule has 0 aromatic heterocycles. The number of amides is 2. The quantitative estimate of drug-likeness (QED) is 0.587. The smallest absolute Gasteiger partial charge is 0.225 e. The van der Waals surface area contributed by atoms with Gasteiger partial charge in [-0.25, -0.2) is 0 Å². The number of carbonyl (C=O) groups is 2. The van der Waals surface area contributed by atoms with Gasteiger partial charge in [-0.3, -0.25) is 9.59 Å². The third-order valence-corrected chi connectivity index (χ3v) is 5.92. The Morgan fingerprint density at radius 3 is 2.28 bits per heavy atom. The Bertz CT molecular complexity index is 1040. The van der Waals surface area contributed by atoms with Crippen molar-refractivity contribution in [2.24, 2.45) is 5.92 Å². The van der Waals surface area contributed by atoms with Crippen molar-refractivity contribution in [1.29, 1.82) is 0 Å². The largest absolute Gasteiger partial charge is 0.497 e. The minimum absolute atomic E-state index is 0.0142. The van der Waals surface area contributed by atoms with Gasteiger partial charge in [0.25, 0.3) is 0 Å². The number of methoxy groups -OCH3 is 1. The molecule has 1 aliphatic heterocycles.